The van der Waals surface area contributed by atoms with Gasteiger partial charge in [0.05, 0.1) is 17.2 Å². The number of sulfonamides is 1. The van der Waals surface area contributed by atoms with Crippen molar-refractivity contribution in [3.63, 3.8) is 0 Å². The number of hydrogen-bond donors (Lipinski definition) is 3. The first-order chi connectivity index (χ1) is 13.0. The van der Waals surface area contributed by atoms with E-state index in [4.69, 9.17) is 4.74 Å². The minimum atomic E-state index is -3.79. The van der Waals surface area contributed by atoms with Crippen LogP contribution >= 0.6 is 0 Å². The van der Waals surface area contributed by atoms with Crippen LogP contribution in [0.15, 0.2) is 71.8 Å². The van der Waals surface area contributed by atoms with Gasteiger partial charge < -0.3 is 15.2 Å². The summed E-state index contributed by atoms with van der Waals surface area (Å²) in [5.74, 6) is 1.09. The molecule has 0 atom stereocenters. The molecule has 0 radical (unpaired) electrons. The largest absolute Gasteiger partial charge is 0.508 e. The van der Waals surface area contributed by atoms with E-state index in [2.05, 4.69) is 15.0 Å². The molecular weight excluding hydrogens is 366 g/mol. The van der Waals surface area contributed by atoms with Crippen molar-refractivity contribution in [2.45, 2.75) is 11.8 Å². The van der Waals surface area contributed by atoms with Crippen LogP contribution in [-0.4, -0.2) is 25.1 Å². The number of aromatic nitrogens is 1. The third-order valence-corrected chi connectivity index (χ3v) is 5.01. The lowest BCUT2D eigenvalue weighted by atomic mass is 10.3. The molecule has 3 rings (SSSR count). The maximum absolute atomic E-state index is 12.7. The minimum Gasteiger partial charge on any atom is -0.508 e. The van der Waals surface area contributed by atoms with E-state index in [0.29, 0.717) is 29.5 Å². The Bertz CT molecular complexity index is 1000. The predicted molar refractivity (Wildman–Crippen MR) is 104 cm³/mol. The normalized spacial score (nSPS) is 11.0. The lowest BCUT2D eigenvalue weighted by Crippen LogP contribution is -2.14. The Morgan fingerprint density at radius 1 is 1.04 bits per heavy atom. The summed E-state index contributed by atoms with van der Waals surface area (Å²) < 4.78 is 33.2. The highest BCUT2D eigenvalue weighted by molar-refractivity contribution is 7.92. The van der Waals surface area contributed by atoms with E-state index in [1.165, 1.54) is 24.3 Å². The fraction of sp³-hybridized carbons (Fsp3) is 0.105. The van der Waals surface area contributed by atoms with Crippen LogP contribution in [0, 0.1) is 0 Å². The molecule has 1 heterocycles. The summed E-state index contributed by atoms with van der Waals surface area (Å²) in [5, 5.41) is 12.4. The summed E-state index contributed by atoms with van der Waals surface area (Å²) in [7, 11) is -3.79. The maximum atomic E-state index is 12.7. The van der Waals surface area contributed by atoms with Gasteiger partial charge >= 0.3 is 0 Å². The van der Waals surface area contributed by atoms with Gasteiger partial charge in [0, 0.05) is 11.9 Å². The van der Waals surface area contributed by atoms with E-state index in [1.807, 2.05) is 6.92 Å². The summed E-state index contributed by atoms with van der Waals surface area (Å²) in [6.07, 6.45) is 1.55. The van der Waals surface area contributed by atoms with Gasteiger partial charge in [-0.05, 0) is 67.6 Å². The molecule has 140 valence electrons. The Morgan fingerprint density at radius 3 is 2.41 bits per heavy atom. The van der Waals surface area contributed by atoms with E-state index in [0.717, 1.165) is 0 Å². The highest BCUT2D eigenvalue weighted by Crippen LogP contribution is 2.26. The first-order valence-corrected chi connectivity index (χ1v) is 9.73. The van der Waals surface area contributed by atoms with Gasteiger partial charge in [-0.1, -0.05) is 0 Å². The number of pyridine rings is 1. The maximum Gasteiger partial charge on any atom is 0.262 e. The van der Waals surface area contributed by atoms with Crippen molar-refractivity contribution in [2.75, 3.05) is 16.6 Å². The van der Waals surface area contributed by atoms with Crippen molar-refractivity contribution < 1.29 is 18.3 Å². The molecule has 0 spiro atoms. The van der Waals surface area contributed by atoms with Gasteiger partial charge in [-0.15, -0.1) is 0 Å². The second-order valence-electron chi connectivity index (χ2n) is 5.58. The second-order valence-corrected chi connectivity index (χ2v) is 7.26. The zero-order chi connectivity index (χ0) is 19.3. The lowest BCUT2D eigenvalue weighted by Gasteiger charge is -2.13. The molecule has 0 aliphatic heterocycles. The molecule has 0 saturated heterocycles. The monoisotopic (exact) mass is 385 g/mol. The third-order valence-electron chi connectivity index (χ3n) is 3.63. The van der Waals surface area contributed by atoms with Crippen molar-refractivity contribution in [3.8, 4) is 11.5 Å². The Labute approximate surface area is 157 Å². The van der Waals surface area contributed by atoms with Crippen LogP contribution < -0.4 is 14.8 Å². The van der Waals surface area contributed by atoms with Gasteiger partial charge in [-0.25, -0.2) is 13.4 Å². The van der Waals surface area contributed by atoms with Crippen LogP contribution in [0.1, 0.15) is 6.92 Å². The van der Waals surface area contributed by atoms with Gasteiger partial charge in [0.2, 0.25) is 0 Å². The molecule has 3 N–H and O–H groups in total. The van der Waals surface area contributed by atoms with Crippen molar-refractivity contribution in [3.05, 3.63) is 66.9 Å². The van der Waals surface area contributed by atoms with Crippen molar-refractivity contribution in [1.29, 1.82) is 0 Å². The van der Waals surface area contributed by atoms with Gasteiger partial charge in [0.25, 0.3) is 10.0 Å². The molecule has 0 unspecified atom stereocenters. The summed E-state index contributed by atoms with van der Waals surface area (Å²) in [6.45, 7) is 2.36. The number of phenolic OH excluding ortho intramolecular Hbond substituents is 1. The van der Waals surface area contributed by atoms with Gasteiger partial charge in [-0.2, -0.15) is 0 Å². The number of benzene rings is 2. The minimum absolute atomic E-state index is 0.116. The van der Waals surface area contributed by atoms with Crippen LogP contribution in [0.4, 0.5) is 17.2 Å². The number of ether oxygens (including phenoxy) is 1. The Morgan fingerprint density at radius 2 is 1.74 bits per heavy atom. The number of anilines is 3. The molecule has 0 fully saturated rings. The Kier molecular flexibility index (Phi) is 5.46. The van der Waals surface area contributed by atoms with E-state index in [9.17, 15) is 13.5 Å². The highest BCUT2D eigenvalue weighted by Gasteiger charge is 2.17. The standard InChI is InChI=1S/C19H19N3O4S/c1-2-26-16-9-11-17(12-10-16)27(24,25)22-18-4-3-13-20-19(18)21-14-5-7-15(23)8-6-14/h3-13,22-23H,2H2,1H3,(H,20,21). The first-order valence-electron chi connectivity index (χ1n) is 8.24. The number of nitrogens with zero attached hydrogens (tertiary/aromatic N) is 1. The second kappa shape index (κ2) is 7.96. The molecule has 0 saturated carbocycles. The van der Waals surface area contributed by atoms with Gasteiger partial charge in [0.15, 0.2) is 5.82 Å². The topological polar surface area (TPSA) is 101 Å². The molecule has 0 aliphatic rings. The summed E-state index contributed by atoms with van der Waals surface area (Å²) in [4.78, 5) is 4.31. The highest BCUT2D eigenvalue weighted by atomic mass is 32.2. The molecule has 27 heavy (non-hydrogen) atoms. The fourth-order valence-electron chi connectivity index (χ4n) is 2.35. The molecule has 3 aromatic rings. The van der Waals surface area contributed by atoms with Crippen LogP contribution in [-0.2, 0) is 10.0 Å². The van der Waals surface area contributed by atoms with E-state index >= 15 is 0 Å². The summed E-state index contributed by atoms with van der Waals surface area (Å²) in [5.41, 5.74) is 0.965. The molecule has 8 heteroatoms. The molecule has 0 amide bonds. The average molecular weight is 385 g/mol. The number of nitrogens with one attached hydrogen (secondary N) is 2. The zero-order valence-electron chi connectivity index (χ0n) is 14.6. The van der Waals surface area contributed by atoms with E-state index < -0.39 is 10.0 Å². The zero-order valence-corrected chi connectivity index (χ0v) is 15.4. The molecule has 7 nitrogen and oxygen atoms in total. The predicted octanol–water partition coefficient (Wildman–Crippen LogP) is 3.73. The number of hydrogen-bond acceptors (Lipinski definition) is 6. The van der Waals surface area contributed by atoms with Crippen LogP contribution in [0.2, 0.25) is 0 Å². The van der Waals surface area contributed by atoms with Gasteiger partial charge in [-0.3, -0.25) is 4.72 Å². The van der Waals surface area contributed by atoms with Crippen molar-refractivity contribution in [1.82, 2.24) is 4.98 Å². The Hall–Kier alpha value is -3.26. The van der Waals surface area contributed by atoms with Crippen molar-refractivity contribution in [2.24, 2.45) is 0 Å². The number of aromatic hydroxyl groups is 1. The summed E-state index contributed by atoms with van der Waals surface area (Å²) >= 11 is 0. The average Bonchev–Trinajstić information content (AvgIpc) is 2.66. The SMILES string of the molecule is CCOc1ccc(S(=O)(=O)Nc2cccnc2Nc2ccc(O)cc2)cc1. The summed E-state index contributed by atoms with van der Waals surface area (Å²) in [6, 6.07) is 15.8. The van der Waals surface area contributed by atoms with Crippen molar-refractivity contribution >= 4 is 27.2 Å². The third kappa shape index (κ3) is 4.68. The molecule has 1 aromatic heterocycles. The smallest absolute Gasteiger partial charge is 0.262 e. The van der Waals surface area contributed by atoms with Crippen LogP contribution in [0.5, 0.6) is 11.5 Å². The first kappa shape index (κ1) is 18.5. The lowest BCUT2D eigenvalue weighted by molar-refractivity contribution is 0.340. The quantitative estimate of drug-likeness (QED) is 0.536. The van der Waals surface area contributed by atoms with Crippen LogP contribution in [0.3, 0.4) is 0 Å². The molecule has 2 aromatic carbocycles. The Balaban J connectivity index is 1.83. The fourth-order valence-corrected chi connectivity index (χ4v) is 3.42. The molecule has 0 aliphatic carbocycles. The van der Waals surface area contributed by atoms with E-state index in [1.54, 1.807) is 42.6 Å². The number of rotatable bonds is 7. The van der Waals surface area contributed by atoms with Crippen LogP contribution in [0.25, 0.3) is 0 Å². The van der Waals surface area contributed by atoms with E-state index in [-0.39, 0.29) is 10.6 Å². The molecule has 0 bridgehead atoms. The number of phenols is 1. The molecular formula is C19H19N3O4S. The van der Waals surface area contributed by atoms with Gasteiger partial charge in [0.1, 0.15) is 11.5 Å².